The molecule has 0 aliphatic rings. The van der Waals surface area contributed by atoms with Crippen LogP contribution in [0.5, 0.6) is 0 Å². The van der Waals surface area contributed by atoms with Crippen LogP contribution in [0.2, 0.25) is 0 Å². The third-order valence-electron chi connectivity index (χ3n) is 2.67. The molecule has 0 N–H and O–H groups in total. The van der Waals surface area contributed by atoms with Crippen molar-refractivity contribution >= 4 is 27.9 Å². The Kier molecular flexibility index (Phi) is 16.0. The smallest absolute Gasteiger partial charge is 0.658 e. The number of esters is 2. The van der Waals surface area contributed by atoms with Crippen molar-refractivity contribution in [3.63, 3.8) is 0 Å². The summed E-state index contributed by atoms with van der Waals surface area (Å²) < 4.78 is 10.3. The second kappa shape index (κ2) is 15.2. The topological polar surface area (TPSA) is 79.6 Å². The molecule has 0 saturated carbocycles. The van der Waals surface area contributed by atoms with Crippen molar-refractivity contribution in [3.05, 3.63) is 33.8 Å². The average Bonchev–Trinajstić information content (AvgIpc) is 2.47. The molecule has 1 rings (SSSR count). The van der Waals surface area contributed by atoms with E-state index in [1.54, 1.807) is 32.0 Å². The molecule has 0 spiro atoms. The van der Waals surface area contributed by atoms with Gasteiger partial charge in [-0.05, 0) is 41.9 Å². The summed E-state index contributed by atoms with van der Waals surface area (Å²) >= 11 is 3.19. The number of carbonyl (C=O) groups excluding carboxylic acids is 2. The first-order chi connectivity index (χ1) is 11.7. The molecule has 6 nitrogen and oxygen atoms in total. The van der Waals surface area contributed by atoms with Gasteiger partial charge in [-0.1, -0.05) is 33.8 Å². The zero-order valence-electron chi connectivity index (χ0n) is 16.8. The Morgan fingerprint density at radius 3 is 1.81 bits per heavy atom. The summed E-state index contributed by atoms with van der Waals surface area (Å²) in [5.74, 6) is -2.44. The maximum atomic E-state index is 11.8. The van der Waals surface area contributed by atoms with Crippen LogP contribution in [-0.2, 0) is 19.1 Å². The number of nitrogens with zero attached hydrogens (tertiary/aromatic N) is 2. The number of ether oxygens (including phenoxy) is 2. The molecule has 1 aromatic heterocycles. The van der Waals surface area contributed by atoms with Crippen LogP contribution in [0.1, 0.15) is 53.2 Å². The predicted molar refractivity (Wildman–Crippen MR) is 102 cm³/mol. The first-order valence-electron chi connectivity index (χ1n) is 8.38. The second-order valence-electron chi connectivity index (χ2n) is 5.66. The fraction of sp³-hybridized carbons (Fsp3) is 0.611. The SMILES string of the molecule is CC(C)[N-]C(C)C.CCOC(=O)C(C(=O)OCC)c1cccc(Br)n1.[Li+]. The summed E-state index contributed by atoms with van der Waals surface area (Å²) in [5.41, 5.74) is 0.307. The number of rotatable bonds is 7. The van der Waals surface area contributed by atoms with Gasteiger partial charge in [0.2, 0.25) is 0 Å². The van der Waals surface area contributed by atoms with Crippen LogP contribution in [0.15, 0.2) is 22.8 Å². The molecule has 0 radical (unpaired) electrons. The summed E-state index contributed by atoms with van der Waals surface area (Å²) in [6.07, 6.45) is 0. The van der Waals surface area contributed by atoms with Gasteiger partial charge in [-0.15, -0.1) is 12.1 Å². The molecule has 1 aromatic rings. The minimum absolute atomic E-state index is 0. The van der Waals surface area contributed by atoms with Gasteiger partial charge in [0.1, 0.15) is 4.60 Å². The molecule has 142 valence electrons. The normalized spacial score (nSPS) is 10.1. The van der Waals surface area contributed by atoms with E-state index < -0.39 is 17.9 Å². The van der Waals surface area contributed by atoms with Gasteiger partial charge in [-0.3, -0.25) is 9.59 Å². The number of halogens is 1. The monoisotopic (exact) mass is 422 g/mol. The quantitative estimate of drug-likeness (QED) is 0.285. The maximum absolute atomic E-state index is 11.8. The van der Waals surface area contributed by atoms with E-state index in [1.807, 2.05) is 0 Å². The molecule has 8 heteroatoms. The van der Waals surface area contributed by atoms with Gasteiger partial charge in [0.15, 0.2) is 5.92 Å². The van der Waals surface area contributed by atoms with Crippen LogP contribution in [0.4, 0.5) is 0 Å². The van der Waals surface area contributed by atoms with E-state index >= 15 is 0 Å². The number of hydrogen-bond donors (Lipinski definition) is 0. The zero-order chi connectivity index (χ0) is 19.4. The summed E-state index contributed by atoms with van der Waals surface area (Å²) in [7, 11) is 0. The molecule has 0 aliphatic carbocycles. The van der Waals surface area contributed by atoms with Gasteiger partial charge < -0.3 is 14.8 Å². The Morgan fingerprint density at radius 2 is 1.50 bits per heavy atom. The fourth-order valence-electron chi connectivity index (χ4n) is 1.97. The summed E-state index contributed by atoms with van der Waals surface area (Å²) in [4.78, 5) is 27.7. The van der Waals surface area contributed by atoms with E-state index in [-0.39, 0.29) is 32.1 Å². The first-order valence-corrected chi connectivity index (χ1v) is 9.17. The maximum Gasteiger partial charge on any atom is 1.00 e. The van der Waals surface area contributed by atoms with Gasteiger partial charge in [-0.25, -0.2) is 4.98 Å². The second-order valence-corrected chi connectivity index (χ2v) is 6.47. The largest absolute Gasteiger partial charge is 1.00 e. The molecule has 0 bridgehead atoms. The van der Waals surface area contributed by atoms with Crippen LogP contribution < -0.4 is 18.9 Å². The molecule has 0 unspecified atom stereocenters. The van der Waals surface area contributed by atoms with Gasteiger partial charge in [0, 0.05) is 0 Å². The minimum Gasteiger partial charge on any atom is -0.658 e. The van der Waals surface area contributed by atoms with Crippen LogP contribution in [-0.4, -0.2) is 42.2 Å². The van der Waals surface area contributed by atoms with Crippen LogP contribution in [0, 0.1) is 0 Å². The van der Waals surface area contributed by atoms with E-state index in [2.05, 4.69) is 53.9 Å². The number of hydrogen-bond acceptors (Lipinski definition) is 5. The van der Waals surface area contributed by atoms with Crippen LogP contribution >= 0.6 is 15.9 Å². The van der Waals surface area contributed by atoms with Crippen molar-refractivity contribution < 1.29 is 37.9 Å². The molecule has 0 atom stereocenters. The van der Waals surface area contributed by atoms with Gasteiger partial charge in [0.05, 0.1) is 18.9 Å². The van der Waals surface area contributed by atoms with Crippen molar-refractivity contribution in [1.82, 2.24) is 4.98 Å². The van der Waals surface area contributed by atoms with Crippen molar-refractivity contribution in [2.75, 3.05) is 13.2 Å². The molecule has 0 fully saturated rings. The molecule has 0 saturated heterocycles. The minimum atomic E-state index is -1.14. The molecule has 0 aliphatic heterocycles. The summed E-state index contributed by atoms with van der Waals surface area (Å²) in [5, 5.41) is 4.28. The standard InChI is InChI=1S/C12H14BrNO4.C6H14N.Li/c1-3-17-11(15)10(12(16)18-4-2)8-6-5-7-9(13)14-8;1-5(2)7-6(3)4;/h5-7,10H,3-4H2,1-2H3;5-6H,1-4H3;/q;-1;+1. The van der Waals surface area contributed by atoms with E-state index in [4.69, 9.17) is 9.47 Å². The van der Waals surface area contributed by atoms with E-state index in [0.717, 1.165) is 0 Å². The number of carbonyl (C=O) groups is 2. The van der Waals surface area contributed by atoms with Gasteiger partial charge >= 0.3 is 30.8 Å². The van der Waals surface area contributed by atoms with Crippen molar-refractivity contribution in [2.24, 2.45) is 0 Å². The fourth-order valence-corrected chi connectivity index (χ4v) is 2.33. The van der Waals surface area contributed by atoms with Gasteiger partial charge in [-0.2, -0.15) is 0 Å². The van der Waals surface area contributed by atoms with E-state index in [0.29, 0.717) is 22.4 Å². The Hall–Kier alpha value is -0.873. The third-order valence-corrected chi connectivity index (χ3v) is 3.11. The molecular formula is C18H28BrLiN2O4. The van der Waals surface area contributed by atoms with Crippen molar-refractivity contribution in [3.8, 4) is 0 Å². The zero-order valence-corrected chi connectivity index (χ0v) is 18.4. The Labute approximate surface area is 177 Å². The van der Waals surface area contributed by atoms with Crippen LogP contribution in [0.25, 0.3) is 5.32 Å². The summed E-state index contributed by atoms with van der Waals surface area (Å²) in [6, 6.07) is 5.98. The Morgan fingerprint density at radius 1 is 1.04 bits per heavy atom. The van der Waals surface area contributed by atoms with Crippen molar-refractivity contribution in [2.45, 2.75) is 59.5 Å². The third kappa shape index (κ3) is 11.7. The number of aromatic nitrogens is 1. The molecule has 26 heavy (non-hydrogen) atoms. The molecule has 0 amide bonds. The molecular weight excluding hydrogens is 395 g/mol. The van der Waals surface area contributed by atoms with E-state index in [1.165, 1.54) is 0 Å². The first kappa shape index (κ1) is 27.3. The Balaban J connectivity index is 0. The van der Waals surface area contributed by atoms with Gasteiger partial charge in [0.25, 0.3) is 0 Å². The average molecular weight is 423 g/mol. The van der Waals surface area contributed by atoms with Crippen LogP contribution in [0.3, 0.4) is 0 Å². The molecule has 0 aromatic carbocycles. The predicted octanol–water partition coefficient (Wildman–Crippen LogP) is 1.23. The summed E-state index contributed by atoms with van der Waals surface area (Å²) in [6.45, 7) is 12.1. The Bertz CT molecular complexity index is 518. The van der Waals surface area contributed by atoms with Crippen molar-refractivity contribution in [1.29, 1.82) is 0 Å². The van der Waals surface area contributed by atoms with E-state index in [9.17, 15) is 9.59 Å². The number of pyridine rings is 1. The molecule has 1 heterocycles.